The molecule has 0 radical (unpaired) electrons. The molecule has 3 heteroatoms. The van der Waals surface area contributed by atoms with Crippen molar-refractivity contribution in [1.82, 2.24) is 4.57 Å². The normalized spacial score (nSPS) is 11.1. The first-order chi connectivity index (χ1) is 9.81. The molecule has 0 aliphatic rings. The Kier molecular flexibility index (Phi) is 4.21. The Morgan fingerprint density at radius 2 is 1.81 bits per heavy atom. The summed E-state index contributed by atoms with van der Waals surface area (Å²) in [6.45, 7) is 11.2. The zero-order valence-corrected chi connectivity index (χ0v) is 13.4. The lowest BCUT2D eigenvalue weighted by Crippen LogP contribution is -2.09. The largest absolute Gasteiger partial charge is 0.478 e. The van der Waals surface area contributed by atoms with E-state index in [2.05, 4.69) is 50.5 Å². The molecule has 0 spiro atoms. The van der Waals surface area contributed by atoms with Gasteiger partial charge in [-0.05, 0) is 55.5 Å². The number of carbonyl (C=O) groups is 1. The van der Waals surface area contributed by atoms with E-state index in [1.807, 2.05) is 6.92 Å². The topological polar surface area (TPSA) is 42.2 Å². The lowest BCUT2D eigenvalue weighted by molar-refractivity contribution is 0.0696. The van der Waals surface area contributed by atoms with E-state index in [9.17, 15) is 9.90 Å². The zero-order valence-electron chi connectivity index (χ0n) is 13.4. The summed E-state index contributed by atoms with van der Waals surface area (Å²) < 4.78 is 2.12. The molecule has 0 bridgehead atoms. The van der Waals surface area contributed by atoms with Gasteiger partial charge in [-0.3, -0.25) is 0 Å². The van der Waals surface area contributed by atoms with Crippen LogP contribution in [0.1, 0.15) is 41.0 Å². The molecule has 1 heterocycles. The number of aromatic nitrogens is 1. The number of carboxylic acid groups (broad SMARTS) is 1. The minimum Gasteiger partial charge on any atom is -0.478 e. The van der Waals surface area contributed by atoms with Crippen LogP contribution in [0, 0.1) is 26.7 Å². The second-order valence-corrected chi connectivity index (χ2v) is 6.14. The number of aryl methyl sites for hydroxylation is 2. The summed E-state index contributed by atoms with van der Waals surface area (Å²) >= 11 is 0. The third-order valence-corrected chi connectivity index (χ3v) is 3.95. The van der Waals surface area contributed by atoms with Crippen LogP contribution in [0.5, 0.6) is 0 Å². The Bertz CT molecular complexity index is 681. The van der Waals surface area contributed by atoms with Gasteiger partial charge in [0.15, 0.2) is 0 Å². The lowest BCUT2D eigenvalue weighted by Gasteiger charge is -2.15. The summed E-state index contributed by atoms with van der Waals surface area (Å²) in [6.07, 6.45) is 0. The average molecular weight is 285 g/mol. The fourth-order valence-electron chi connectivity index (χ4n) is 2.60. The quantitative estimate of drug-likeness (QED) is 0.902. The van der Waals surface area contributed by atoms with Gasteiger partial charge in [0.2, 0.25) is 0 Å². The van der Waals surface area contributed by atoms with Crippen LogP contribution >= 0.6 is 0 Å². The number of nitrogens with zero attached hydrogens (tertiary/aromatic N) is 1. The van der Waals surface area contributed by atoms with Crippen molar-refractivity contribution in [2.75, 3.05) is 0 Å². The first-order valence-corrected chi connectivity index (χ1v) is 7.32. The van der Waals surface area contributed by atoms with Crippen molar-refractivity contribution in [3.05, 3.63) is 46.6 Å². The highest BCUT2D eigenvalue weighted by Crippen LogP contribution is 2.28. The van der Waals surface area contributed by atoms with Crippen molar-refractivity contribution < 1.29 is 9.90 Å². The molecule has 0 amide bonds. The monoisotopic (exact) mass is 285 g/mol. The van der Waals surface area contributed by atoms with Crippen LogP contribution in [0.25, 0.3) is 11.3 Å². The lowest BCUT2D eigenvalue weighted by atomic mass is 10.0. The van der Waals surface area contributed by atoms with E-state index in [1.165, 1.54) is 11.1 Å². The molecule has 3 nitrogen and oxygen atoms in total. The molecule has 0 atom stereocenters. The third-order valence-electron chi connectivity index (χ3n) is 3.95. The summed E-state index contributed by atoms with van der Waals surface area (Å²) in [5, 5.41) is 9.37. The molecule has 1 N–H and O–H groups in total. The predicted molar refractivity (Wildman–Crippen MR) is 85.9 cm³/mol. The summed E-state index contributed by atoms with van der Waals surface area (Å²) in [5.74, 6) is -0.400. The number of carboxylic acids is 1. The molecule has 1 aromatic carbocycles. The van der Waals surface area contributed by atoms with E-state index in [1.54, 1.807) is 6.07 Å². The number of hydrogen-bond donors (Lipinski definition) is 1. The Morgan fingerprint density at radius 3 is 2.33 bits per heavy atom. The number of rotatable bonds is 4. The van der Waals surface area contributed by atoms with E-state index >= 15 is 0 Å². The molecule has 0 saturated carbocycles. The smallest absolute Gasteiger partial charge is 0.337 e. The van der Waals surface area contributed by atoms with Gasteiger partial charge in [0.25, 0.3) is 0 Å². The molecule has 112 valence electrons. The fourth-order valence-corrected chi connectivity index (χ4v) is 2.60. The average Bonchev–Trinajstić information content (AvgIpc) is 2.70. The Morgan fingerprint density at radius 1 is 1.14 bits per heavy atom. The van der Waals surface area contributed by atoms with E-state index in [-0.39, 0.29) is 0 Å². The first-order valence-electron chi connectivity index (χ1n) is 7.32. The molecule has 0 fully saturated rings. The highest BCUT2D eigenvalue weighted by molar-refractivity contribution is 5.91. The van der Waals surface area contributed by atoms with Crippen molar-refractivity contribution >= 4 is 5.97 Å². The minimum atomic E-state index is -0.861. The van der Waals surface area contributed by atoms with Crippen LogP contribution < -0.4 is 0 Å². The SMILES string of the molecule is Cc1ccc(-c2cc(C(=O)O)c(C)n2CC(C)C)cc1C. The van der Waals surface area contributed by atoms with E-state index in [0.717, 1.165) is 23.5 Å². The van der Waals surface area contributed by atoms with Gasteiger partial charge >= 0.3 is 5.97 Å². The minimum absolute atomic E-state index is 0.392. The summed E-state index contributed by atoms with van der Waals surface area (Å²) in [7, 11) is 0. The predicted octanol–water partition coefficient (Wildman–Crippen LogP) is 4.43. The molecule has 0 aliphatic carbocycles. The Balaban J connectivity index is 2.62. The van der Waals surface area contributed by atoms with Gasteiger partial charge in [-0.25, -0.2) is 4.79 Å². The highest BCUT2D eigenvalue weighted by atomic mass is 16.4. The molecule has 1 aromatic heterocycles. The summed E-state index contributed by atoms with van der Waals surface area (Å²) in [4.78, 5) is 11.4. The fraction of sp³-hybridized carbons (Fsp3) is 0.389. The highest BCUT2D eigenvalue weighted by Gasteiger charge is 2.18. The third kappa shape index (κ3) is 3.02. The molecule has 0 aliphatic heterocycles. The van der Waals surface area contributed by atoms with Gasteiger partial charge in [0.05, 0.1) is 5.56 Å². The second-order valence-electron chi connectivity index (χ2n) is 6.14. The molecule has 21 heavy (non-hydrogen) atoms. The first kappa shape index (κ1) is 15.4. The van der Waals surface area contributed by atoms with Crippen molar-refractivity contribution in [2.45, 2.75) is 41.2 Å². The summed E-state index contributed by atoms with van der Waals surface area (Å²) in [5.41, 5.74) is 5.75. The molecule has 0 unspecified atom stereocenters. The maximum Gasteiger partial charge on any atom is 0.337 e. The van der Waals surface area contributed by atoms with Gasteiger partial charge in [0.1, 0.15) is 0 Å². The van der Waals surface area contributed by atoms with Crippen molar-refractivity contribution in [3.63, 3.8) is 0 Å². The van der Waals surface area contributed by atoms with Gasteiger partial charge in [0, 0.05) is 17.9 Å². The zero-order chi connectivity index (χ0) is 15.7. The van der Waals surface area contributed by atoms with Crippen LogP contribution in [0.2, 0.25) is 0 Å². The van der Waals surface area contributed by atoms with Gasteiger partial charge in [-0.15, -0.1) is 0 Å². The van der Waals surface area contributed by atoms with Crippen LogP contribution in [0.4, 0.5) is 0 Å². The number of hydrogen-bond acceptors (Lipinski definition) is 1. The van der Waals surface area contributed by atoms with E-state index in [4.69, 9.17) is 0 Å². The van der Waals surface area contributed by atoms with Crippen molar-refractivity contribution in [3.8, 4) is 11.3 Å². The van der Waals surface area contributed by atoms with Crippen molar-refractivity contribution in [1.29, 1.82) is 0 Å². The van der Waals surface area contributed by atoms with Crippen LogP contribution in [-0.4, -0.2) is 15.6 Å². The number of benzene rings is 1. The molecular weight excluding hydrogens is 262 g/mol. The maximum absolute atomic E-state index is 11.4. The maximum atomic E-state index is 11.4. The standard InChI is InChI=1S/C18H23NO2/c1-11(2)10-19-14(5)16(18(20)21)9-17(19)15-7-6-12(3)13(4)8-15/h6-9,11H,10H2,1-5H3,(H,20,21). The Hall–Kier alpha value is -2.03. The van der Waals surface area contributed by atoms with Crippen LogP contribution in [0.15, 0.2) is 24.3 Å². The second kappa shape index (κ2) is 5.76. The van der Waals surface area contributed by atoms with Gasteiger partial charge in [-0.2, -0.15) is 0 Å². The van der Waals surface area contributed by atoms with Gasteiger partial charge in [-0.1, -0.05) is 26.0 Å². The number of aromatic carboxylic acids is 1. The molecule has 2 rings (SSSR count). The Labute approximate surface area is 126 Å². The van der Waals surface area contributed by atoms with Crippen LogP contribution in [-0.2, 0) is 6.54 Å². The van der Waals surface area contributed by atoms with E-state index < -0.39 is 5.97 Å². The summed E-state index contributed by atoms with van der Waals surface area (Å²) in [6, 6.07) is 8.09. The molecular formula is C18H23NO2. The van der Waals surface area contributed by atoms with E-state index in [0.29, 0.717) is 11.5 Å². The van der Waals surface area contributed by atoms with Gasteiger partial charge < -0.3 is 9.67 Å². The molecule has 0 saturated heterocycles. The van der Waals surface area contributed by atoms with Crippen LogP contribution in [0.3, 0.4) is 0 Å². The molecule has 2 aromatic rings. The van der Waals surface area contributed by atoms with Crippen molar-refractivity contribution in [2.24, 2.45) is 5.92 Å².